The Morgan fingerprint density at radius 3 is 2.67 bits per heavy atom. The molecule has 84 valence electrons. The van der Waals surface area contributed by atoms with E-state index in [-0.39, 0.29) is 24.0 Å². The van der Waals surface area contributed by atoms with Crippen molar-refractivity contribution in [3.8, 4) is 0 Å². The molecule has 0 N–H and O–H groups in total. The first-order chi connectivity index (χ1) is 7.08. The Hall–Kier alpha value is -1.32. The van der Waals surface area contributed by atoms with Gasteiger partial charge in [-0.05, 0) is 18.9 Å². The van der Waals surface area contributed by atoms with Gasteiger partial charge in [0.2, 0.25) is 0 Å². The van der Waals surface area contributed by atoms with Crippen LogP contribution in [0.15, 0.2) is 12.2 Å². The molecule has 1 aliphatic rings. The maximum absolute atomic E-state index is 10.7. The molecule has 0 heterocycles. The van der Waals surface area contributed by atoms with Gasteiger partial charge in [0.1, 0.15) is 6.10 Å². The standard InChI is InChI=1S/C11H16O4/c1-8(12)14-7-10-4-3-5-11(6-10)15-9(2)13/h3,5,10-11H,4,6-7H2,1-2H3. The van der Waals surface area contributed by atoms with E-state index in [9.17, 15) is 9.59 Å². The number of hydrogen-bond donors (Lipinski definition) is 0. The lowest BCUT2D eigenvalue weighted by molar-refractivity contribution is -0.147. The first-order valence-electron chi connectivity index (χ1n) is 5.05. The number of carbonyl (C=O) groups is 2. The molecule has 2 atom stereocenters. The van der Waals surface area contributed by atoms with Crippen molar-refractivity contribution in [2.24, 2.45) is 5.92 Å². The Labute approximate surface area is 89.2 Å². The van der Waals surface area contributed by atoms with Gasteiger partial charge in [-0.1, -0.05) is 6.08 Å². The van der Waals surface area contributed by atoms with Crippen molar-refractivity contribution in [1.82, 2.24) is 0 Å². The summed E-state index contributed by atoms with van der Waals surface area (Å²) < 4.78 is 9.98. The molecule has 0 fully saturated rings. The maximum Gasteiger partial charge on any atom is 0.303 e. The lowest BCUT2D eigenvalue weighted by Gasteiger charge is -2.23. The van der Waals surface area contributed by atoms with Crippen molar-refractivity contribution in [2.45, 2.75) is 32.8 Å². The summed E-state index contributed by atoms with van der Waals surface area (Å²) in [6.45, 7) is 3.18. The molecule has 2 unspecified atom stereocenters. The van der Waals surface area contributed by atoms with Crippen LogP contribution < -0.4 is 0 Å². The van der Waals surface area contributed by atoms with Crippen LogP contribution in [0.3, 0.4) is 0 Å². The largest absolute Gasteiger partial charge is 0.466 e. The molecule has 0 aromatic heterocycles. The van der Waals surface area contributed by atoms with Crippen LogP contribution in [0.5, 0.6) is 0 Å². The topological polar surface area (TPSA) is 52.6 Å². The van der Waals surface area contributed by atoms with E-state index in [4.69, 9.17) is 9.47 Å². The summed E-state index contributed by atoms with van der Waals surface area (Å²) >= 11 is 0. The zero-order valence-electron chi connectivity index (χ0n) is 9.06. The van der Waals surface area contributed by atoms with Crippen LogP contribution in [0, 0.1) is 5.92 Å². The van der Waals surface area contributed by atoms with Crippen LogP contribution in [0.4, 0.5) is 0 Å². The molecule has 0 spiro atoms. The zero-order chi connectivity index (χ0) is 11.3. The van der Waals surface area contributed by atoms with Gasteiger partial charge >= 0.3 is 11.9 Å². The number of rotatable bonds is 3. The quantitative estimate of drug-likeness (QED) is 0.525. The summed E-state index contributed by atoms with van der Waals surface area (Å²) in [4.78, 5) is 21.4. The highest BCUT2D eigenvalue weighted by atomic mass is 16.5. The molecule has 1 rings (SSSR count). The average molecular weight is 212 g/mol. The monoisotopic (exact) mass is 212 g/mol. The molecule has 0 saturated heterocycles. The molecule has 0 aliphatic heterocycles. The van der Waals surface area contributed by atoms with Gasteiger partial charge in [0.05, 0.1) is 6.61 Å². The Balaban J connectivity index is 2.35. The molecule has 4 nitrogen and oxygen atoms in total. The van der Waals surface area contributed by atoms with Gasteiger partial charge in [0.25, 0.3) is 0 Å². The zero-order valence-corrected chi connectivity index (χ0v) is 9.06. The molecule has 0 amide bonds. The predicted octanol–water partition coefficient (Wildman–Crippen LogP) is 1.45. The van der Waals surface area contributed by atoms with Gasteiger partial charge in [-0.3, -0.25) is 9.59 Å². The fraction of sp³-hybridized carbons (Fsp3) is 0.636. The summed E-state index contributed by atoms with van der Waals surface area (Å²) in [6.07, 6.45) is 5.27. The molecular weight excluding hydrogens is 196 g/mol. The highest BCUT2D eigenvalue weighted by molar-refractivity contribution is 5.66. The fourth-order valence-electron chi connectivity index (χ4n) is 1.60. The van der Waals surface area contributed by atoms with Crippen LogP contribution >= 0.6 is 0 Å². The van der Waals surface area contributed by atoms with Crippen molar-refractivity contribution >= 4 is 11.9 Å². The Kier molecular flexibility index (Phi) is 4.34. The molecule has 1 aliphatic carbocycles. The van der Waals surface area contributed by atoms with Crippen molar-refractivity contribution in [1.29, 1.82) is 0 Å². The summed E-state index contributed by atoms with van der Waals surface area (Å²) in [7, 11) is 0. The van der Waals surface area contributed by atoms with Crippen LogP contribution in [0.25, 0.3) is 0 Å². The van der Waals surface area contributed by atoms with E-state index < -0.39 is 0 Å². The van der Waals surface area contributed by atoms with Crippen molar-refractivity contribution in [2.75, 3.05) is 6.61 Å². The highest BCUT2D eigenvalue weighted by Crippen LogP contribution is 2.21. The molecule has 0 radical (unpaired) electrons. The average Bonchev–Trinajstić information content (AvgIpc) is 2.14. The summed E-state index contributed by atoms with van der Waals surface area (Å²) in [6, 6.07) is 0. The molecule has 4 heteroatoms. The van der Waals surface area contributed by atoms with Gasteiger partial charge in [0.15, 0.2) is 0 Å². The van der Waals surface area contributed by atoms with E-state index in [1.54, 1.807) is 0 Å². The van der Waals surface area contributed by atoms with Gasteiger partial charge in [-0.15, -0.1) is 0 Å². The summed E-state index contributed by atoms with van der Waals surface area (Å²) in [5.74, 6) is -0.297. The highest BCUT2D eigenvalue weighted by Gasteiger charge is 2.20. The smallest absolute Gasteiger partial charge is 0.303 e. The normalized spacial score (nSPS) is 24.7. The molecule has 0 saturated carbocycles. The maximum atomic E-state index is 10.7. The lowest BCUT2D eigenvalue weighted by atomic mass is 9.93. The molecule has 0 aromatic rings. The fourth-order valence-corrected chi connectivity index (χ4v) is 1.60. The number of allylic oxidation sites excluding steroid dienone is 1. The minimum absolute atomic E-state index is 0.170. The second-order valence-corrected chi connectivity index (χ2v) is 3.72. The van der Waals surface area contributed by atoms with Crippen LogP contribution in [0.1, 0.15) is 26.7 Å². The van der Waals surface area contributed by atoms with E-state index in [1.807, 2.05) is 12.2 Å². The van der Waals surface area contributed by atoms with E-state index in [0.717, 1.165) is 12.8 Å². The Morgan fingerprint density at radius 1 is 1.33 bits per heavy atom. The number of carbonyl (C=O) groups excluding carboxylic acids is 2. The number of esters is 2. The minimum atomic E-state index is -0.280. The van der Waals surface area contributed by atoms with E-state index in [1.165, 1.54) is 13.8 Å². The lowest BCUT2D eigenvalue weighted by Crippen LogP contribution is -2.24. The molecular formula is C11H16O4. The van der Waals surface area contributed by atoms with Gasteiger partial charge in [0, 0.05) is 19.8 Å². The third kappa shape index (κ3) is 4.63. The van der Waals surface area contributed by atoms with E-state index in [0.29, 0.717) is 6.61 Å². The number of hydrogen-bond acceptors (Lipinski definition) is 4. The summed E-state index contributed by atoms with van der Waals surface area (Å²) in [5.41, 5.74) is 0. The minimum Gasteiger partial charge on any atom is -0.466 e. The molecule has 0 bridgehead atoms. The van der Waals surface area contributed by atoms with Gasteiger partial charge in [-0.2, -0.15) is 0 Å². The van der Waals surface area contributed by atoms with Crippen molar-refractivity contribution in [3.05, 3.63) is 12.2 Å². The predicted molar refractivity (Wildman–Crippen MR) is 54.1 cm³/mol. The van der Waals surface area contributed by atoms with Crippen LogP contribution in [0.2, 0.25) is 0 Å². The Morgan fingerprint density at radius 2 is 2.07 bits per heavy atom. The van der Waals surface area contributed by atoms with Crippen LogP contribution in [-0.4, -0.2) is 24.6 Å². The second kappa shape index (κ2) is 5.53. The first-order valence-corrected chi connectivity index (χ1v) is 5.05. The van der Waals surface area contributed by atoms with Crippen molar-refractivity contribution < 1.29 is 19.1 Å². The SMILES string of the molecule is CC(=O)OCC1CC=CC(OC(C)=O)C1. The van der Waals surface area contributed by atoms with Crippen LogP contribution in [-0.2, 0) is 19.1 Å². The molecule has 15 heavy (non-hydrogen) atoms. The van der Waals surface area contributed by atoms with Gasteiger partial charge < -0.3 is 9.47 Å². The first kappa shape index (κ1) is 11.8. The third-order valence-corrected chi connectivity index (χ3v) is 2.23. The second-order valence-electron chi connectivity index (χ2n) is 3.72. The Bertz CT molecular complexity index is 270. The van der Waals surface area contributed by atoms with E-state index >= 15 is 0 Å². The molecule has 0 aromatic carbocycles. The van der Waals surface area contributed by atoms with E-state index in [2.05, 4.69) is 0 Å². The van der Waals surface area contributed by atoms with Crippen molar-refractivity contribution in [3.63, 3.8) is 0 Å². The van der Waals surface area contributed by atoms with Gasteiger partial charge in [-0.25, -0.2) is 0 Å². The third-order valence-electron chi connectivity index (χ3n) is 2.23. The number of ether oxygens (including phenoxy) is 2. The summed E-state index contributed by atoms with van der Waals surface area (Å²) in [5, 5.41) is 0.